The maximum atomic E-state index is 10.0. The van der Waals surface area contributed by atoms with Gasteiger partial charge in [-0.3, -0.25) is 0 Å². The number of hydrogen-bond acceptors (Lipinski definition) is 7. The van der Waals surface area contributed by atoms with E-state index in [4.69, 9.17) is 12.5 Å². The third kappa shape index (κ3) is 66.0. The molecule has 14 heteroatoms. The Morgan fingerprint density at radius 1 is 0.619 bits per heavy atom. The van der Waals surface area contributed by atoms with Crippen LogP contribution in [0.1, 0.15) is 150 Å². The molecule has 0 bridgehead atoms. The summed E-state index contributed by atoms with van der Waals surface area (Å²) in [5.41, 5.74) is 0. The summed E-state index contributed by atoms with van der Waals surface area (Å²) in [5, 5.41) is 47.7. The molecule has 1 aliphatic rings. The van der Waals surface area contributed by atoms with Crippen molar-refractivity contribution in [1.29, 1.82) is 1.34 Å². The smallest absolute Gasteiger partial charge is 0.694 e. The number of allylic oxidation sites excluding steroid dienone is 1. The molecule has 1 saturated heterocycles. The zero-order chi connectivity index (χ0) is 46.8. The molecule has 7 nitrogen and oxygen atoms in total. The number of aliphatic hydroxyl groups excluding tert-OH is 5. The van der Waals surface area contributed by atoms with Crippen LogP contribution < -0.4 is 18.9 Å². The third-order valence-corrected chi connectivity index (χ3v) is 8.96. The number of hydrogen-bond donors (Lipinski definition) is 5. The van der Waals surface area contributed by atoms with Gasteiger partial charge in [-0.1, -0.05) is 108 Å². The Morgan fingerprint density at radius 2 is 0.968 bits per heavy atom. The molecule has 0 aromatic heterocycles. The molecule has 1 heterocycles. The molecule has 63 heavy (non-hydrogen) atoms. The van der Waals surface area contributed by atoms with Gasteiger partial charge in [-0.05, 0) is 102 Å². The van der Waals surface area contributed by atoms with E-state index in [-0.39, 0.29) is 188 Å². The largest absolute Gasteiger partial charge is 1.00 e. The van der Waals surface area contributed by atoms with E-state index in [1.165, 1.54) is 12.8 Å². The summed E-state index contributed by atoms with van der Waals surface area (Å²) < 4.78 is 10.2. The van der Waals surface area contributed by atoms with Crippen molar-refractivity contribution in [3.05, 3.63) is 18.6 Å². The molecule has 5 N–H and O–H groups in total. The van der Waals surface area contributed by atoms with Gasteiger partial charge in [-0.25, -0.2) is 0 Å². The predicted octanol–water partition coefficient (Wildman–Crippen LogP) is 5.29. The van der Waals surface area contributed by atoms with Crippen molar-refractivity contribution in [3.8, 4) is 41.4 Å². The fourth-order valence-corrected chi connectivity index (χ4v) is 5.50. The quantitative estimate of drug-likeness (QED) is 0.0654. The molecule has 0 aromatic carbocycles. The van der Waals surface area contributed by atoms with E-state index in [0.717, 1.165) is 25.9 Å². The van der Waals surface area contributed by atoms with E-state index >= 15 is 0 Å². The van der Waals surface area contributed by atoms with Crippen molar-refractivity contribution in [2.45, 2.75) is 180 Å². The van der Waals surface area contributed by atoms with E-state index in [1.807, 2.05) is 81.2 Å². The van der Waals surface area contributed by atoms with Gasteiger partial charge in [0.1, 0.15) is 12.4 Å². The average molecular weight is 1780 g/mol. The van der Waals surface area contributed by atoms with Gasteiger partial charge in [0.2, 0.25) is 0 Å². The number of carbonyl (C=O) groups excluding carboxylic acids is 1. The molecular formula is C49H88BLiO7UW4. The van der Waals surface area contributed by atoms with E-state index < -0.39 is 6.10 Å². The summed E-state index contributed by atoms with van der Waals surface area (Å²) in [4.78, 5) is 10.0. The Morgan fingerprint density at radius 3 is 1.25 bits per heavy atom. The minimum atomic E-state index is -0.603. The maximum Gasteiger partial charge on any atom is 1.00 e. The molecule has 0 amide bonds. The van der Waals surface area contributed by atoms with Gasteiger partial charge < -0.3 is 47.4 Å². The first-order chi connectivity index (χ1) is 27.1. The first-order valence-corrected chi connectivity index (χ1v) is 20.8. The second-order valence-corrected chi connectivity index (χ2v) is 16.1. The van der Waals surface area contributed by atoms with Crippen LogP contribution in [-0.2, 0) is 93.8 Å². The minimum absolute atomic E-state index is 0. The molecule has 1 fully saturated rings. The fraction of sp³-hybridized carbons (Fsp3) is 0.776. The Balaban J connectivity index is -0.0000000511. The first-order valence-electron chi connectivity index (χ1n) is 21.3. The van der Waals surface area contributed by atoms with Crippen molar-refractivity contribution < 1.29 is 169 Å². The van der Waals surface area contributed by atoms with Crippen LogP contribution in [0, 0.1) is 132 Å². The van der Waals surface area contributed by atoms with Crippen molar-refractivity contribution in [2.75, 3.05) is 13.2 Å². The second kappa shape index (κ2) is 66.0. The number of ether oxygens (including phenoxy) is 1. The number of rotatable bonds is 15. The van der Waals surface area contributed by atoms with Gasteiger partial charge in [0.05, 0.1) is 24.4 Å². The first kappa shape index (κ1) is 91.2. The van der Waals surface area contributed by atoms with Gasteiger partial charge in [-0.2, -0.15) is 0 Å². The van der Waals surface area contributed by atoms with E-state index in [0.29, 0.717) is 36.5 Å². The predicted molar refractivity (Wildman–Crippen MR) is 245 cm³/mol. The second-order valence-electron chi connectivity index (χ2n) is 16.1. The maximum absolute atomic E-state index is 10.0. The van der Waals surface area contributed by atoms with Crippen LogP contribution in [-0.4, -0.2) is 85.3 Å². The molecule has 358 valence electrons. The van der Waals surface area contributed by atoms with Crippen molar-refractivity contribution >= 4 is 14.7 Å². The molecule has 0 aromatic rings. The zero-order valence-corrected chi connectivity index (χ0v) is 58.4. The molecule has 10 atom stereocenters. The molecule has 0 spiro atoms. The Bertz CT molecular complexity index is 1140. The molecule has 1 aliphatic heterocycles. The normalized spacial score (nSPS) is 15.0. The molecule has 0 saturated carbocycles. The van der Waals surface area contributed by atoms with Crippen LogP contribution in [0.5, 0.6) is 0 Å². The number of aliphatic hydroxyl groups is 5. The minimum Gasteiger partial charge on any atom is -0.694 e. The van der Waals surface area contributed by atoms with Crippen molar-refractivity contribution in [1.82, 2.24) is 0 Å². The summed E-state index contributed by atoms with van der Waals surface area (Å²) in [5.74, 6) is 21.2. The SMILES string of the molecule is C1CCOC1.CC#C/C=C/[C@@H](C)[C@@H](O)C(C)C.CC#CC(C)C[C@@H](C)[C@@H](O)C(C)C.CC#CC(O)C[C@@H](C)[C@@H](O)C(C)C.CC(C)[C@H](O)[C@H](C)CC=O.[2H][B].[C-]#CC.[Li+].[U].[W].[W].[W].[W]. The van der Waals surface area contributed by atoms with Gasteiger partial charge in [0, 0.05) is 155 Å². The van der Waals surface area contributed by atoms with Gasteiger partial charge in [-0.15, -0.1) is 23.7 Å². The monoisotopic (exact) mass is 1780 g/mol. The fourth-order valence-electron chi connectivity index (χ4n) is 5.50. The molecule has 1 rings (SSSR count). The van der Waals surface area contributed by atoms with E-state index in [1.54, 1.807) is 26.8 Å². The summed E-state index contributed by atoms with van der Waals surface area (Å²) in [6.07, 6.45) is 13.3. The van der Waals surface area contributed by atoms with E-state index in [9.17, 15) is 30.3 Å². The van der Waals surface area contributed by atoms with Crippen molar-refractivity contribution in [2.24, 2.45) is 53.3 Å². The molecule has 2 radical (unpaired) electrons. The Hall–Kier alpha value is 1.88. The number of carbonyl (C=O) groups is 1. The zero-order valence-electron chi connectivity index (χ0n) is 43.5. The Kier molecular flexibility index (Phi) is 95.5. The third-order valence-electron chi connectivity index (χ3n) is 8.96. The summed E-state index contributed by atoms with van der Waals surface area (Å²) in [6, 6.07) is 0. The molecule has 2 unspecified atom stereocenters. The van der Waals surface area contributed by atoms with Crippen LogP contribution in [0.2, 0.25) is 0 Å². The average Bonchev–Trinajstić information content (AvgIpc) is 3.76. The van der Waals surface area contributed by atoms with Crippen LogP contribution in [0.3, 0.4) is 0 Å². The van der Waals surface area contributed by atoms with Gasteiger partial charge in [0.25, 0.3) is 0 Å². The summed E-state index contributed by atoms with van der Waals surface area (Å²) >= 11 is 0. The topological polar surface area (TPSA) is 127 Å². The van der Waals surface area contributed by atoms with Gasteiger partial charge in [0.15, 0.2) is 0 Å². The van der Waals surface area contributed by atoms with Crippen LogP contribution in [0.25, 0.3) is 0 Å². The van der Waals surface area contributed by atoms with Gasteiger partial charge >= 0.3 is 18.9 Å². The van der Waals surface area contributed by atoms with Crippen LogP contribution >= 0.6 is 0 Å². The summed E-state index contributed by atoms with van der Waals surface area (Å²) in [7, 11) is 3.75. The summed E-state index contributed by atoms with van der Waals surface area (Å²) in [6.45, 7) is 34.9. The Labute approximate surface area is 486 Å². The van der Waals surface area contributed by atoms with Crippen LogP contribution in [0.4, 0.5) is 0 Å². The van der Waals surface area contributed by atoms with Crippen molar-refractivity contribution in [3.63, 3.8) is 0 Å². The molecule has 0 aliphatic carbocycles. The number of aldehydes is 1. The van der Waals surface area contributed by atoms with Crippen LogP contribution in [0.15, 0.2) is 12.2 Å². The molecular weight excluding hydrogens is 1690 g/mol. The van der Waals surface area contributed by atoms with E-state index in [2.05, 4.69) is 71.6 Å². The standard InChI is InChI=1S/C12H22O.C11H20O2.C11H18O.C8H16O2.C4H8O.C3H3.BH.Li.U.4W/c1-6-7-10(4)8-11(5)12(13)9(2)3;1-5-6-10(12)7-9(4)11(13)8(2)3;1-5-6-7-8-10(4)11(12)9(2)3;1-6(2)8(10)7(3)4-5-9;1-2-4-5-3-1;1-3-2;;;;;;;/h9-13H,8H2,1-5H3;8-13H,7H2,1-4H3;7-12H,1-4H3;5-8,10H,4H2,1-3H3;1-4H2;1H3;1H;;;;;;/q;;;;;-1;;+1;;;;;/b;;8-7+;;;;;;;;;;/t10?,11-,12+;9-,10?,11+;10-,11+;7-,8+;;;;;;;;;/m1111........./s1/i;;;;;;1D;;;;;;.